The van der Waals surface area contributed by atoms with Crippen LogP contribution in [0.15, 0.2) is 36.7 Å². The maximum Gasteiger partial charge on any atom is 0.161 e. The van der Waals surface area contributed by atoms with Crippen molar-refractivity contribution in [2.75, 3.05) is 0 Å². The van der Waals surface area contributed by atoms with Crippen molar-refractivity contribution >= 4 is 5.78 Å². The number of carbonyl (C=O) groups is 1. The summed E-state index contributed by atoms with van der Waals surface area (Å²) in [5.41, 5.74) is 0.817. The normalized spacial score (nSPS) is 10.5. The molecule has 4 heteroatoms. The lowest BCUT2D eigenvalue weighted by Crippen LogP contribution is -2.00. The molecule has 0 fully saturated rings. The molecule has 0 aliphatic heterocycles. The van der Waals surface area contributed by atoms with Crippen LogP contribution in [0, 0.1) is 11.6 Å². The van der Waals surface area contributed by atoms with E-state index in [-0.39, 0.29) is 17.9 Å². The summed E-state index contributed by atoms with van der Waals surface area (Å²) in [7, 11) is 0. The van der Waals surface area contributed by atoms with Crippen LogP contribution in [0.1, 0.15) is 22.8 Å². The summed E-state index contributed by atoms with van der Waals surface area (Å²) in [5.74, 6) is -0.978. The fourth-order valence-corrected chi connectivity index (χ4v) is 1.61. The first-order valence-electron chi connectivity index (χ1n) is 5.17. The monoisotopic (exact) mass is 235 g/mol. The van der Waals surface area contributed by atoms with E-state index in [1.807, 2.05) is 0 Å². The lowest BCUT2D eigenvalue weighted by Gasteiger charge is -2.04. The van der Waals surface area contributed by atoms with Gasteiger partial charge in [0.2, 0.25) is 0 Å². The SMILES string of the molecule is CC(=O)c1ccn(Cc2cc(F)ccc2F)c1. The summed E-state index contributed by atoms with van der Waals surface area (Å²) in [6.07, 6.45) is 3.29. The third kappa shape index (κ3) is 2.58. The number of ketones is 1. The van der Waals surface area contributed by atoms with E-state index in [0.29, 0.717) is 5.56 Å². The van der Waals surface area contributed by atoms with Crippen molar-refractivity contribution in [2.24, 2.45) is 0 Å². The van der Waals surface area contributed by atoms with E-state index in [1.165, 1.54) is 6.92 Å². The van der Waals surface area contributed by atoms with Gasteiger partial charge in [-0.25, -0.2) is 8.78 Å². The minimum absolute atomic E-state index is 0.0523. The van der Waals surface area contributed by atoms with Crippen LogP contribution in [0.5, 0.6) is 0 Å². The van der Waals surface area contributed by atoms with E-state index in [4.69, 9.17) is 0 Å². The van der Waals surface area contributed by atoms with Crippen LogP contribution >= 0.6 is 0 Å². The summed E-state index contributed by atoms with van der Waals surface area (Å²) in [6, 6.07) is 4.98. The molecule has 0 atom stereocenters. The molecule has 0 unspecified atom stereocenters. The van der Waals surface area contributed by atoms with Crippen molar-refractivity contribution < 1.29 is 13.6 Å². The molecule has 0 aliphatic carbocycles. The molecule has 0 radical (unpaired) electrons. The van der Waals surface area contributed by atoms with Gasteiger partial charge in [-0.2, -0.15) is 0 Å². The van der Waals surface area contributed by atoms with Crippen molar-refractivity contribution in [1.29, 1.82) is 0 Å². The second-order valence-electron chi connectivity index (χ2n) is 3.86. The molecule has 1 aromatic carbocycles. The Morgan fingerprint density at radius 1 is 1.29 bits per heavy atom. The first-order valence-corrected chi connectivity index (χ1v) is 5.17. The third-order valence-electron chi connectivity index (χ3n) is 2.52. The van der Waals surface area contributed by atoms with Gasteiger partial charge >= 0.3 is 0 Å². The highest BCUT2D eigenvalue weighted by Crippen LogP contribution is 2.12. The lowest BCUT2D eigenvalue weighted by atomic mass is 10.2. The van der Waals surface area contributed by atoms with Crippen LogP contribution in [0.4, 0.5) is 8.78 Å². The van der Waals surface area contributed by atoms with Crippen LogP contribution in [0.25, 0.3) is 0 Å². The Morgan fingerprint density at radius 2 is 2.06 bits per heavy atom. The minimum Gasteiger partial charge on any atom is -0.349 e. The van der Waals surface area contributed by atoms with Gasteiger partial charge in [0.15, 0.2) is 5.78 Å². The molecule has 2 nitrogen and oxygen atoms in total. The van der Waals surface area contributed by atoms with Gasteiger partial charge in [-0.3, -0.25) is 4.79 Å². The Kier molecular flexibility index (Phi) is 3.04. The van der Waals surface area contributed by atoms with E-state index in [2.05, 4.69) is 0 Å². The van der Waals surface area contributed by atoms with Gasteiger partial charge in [-0.15, -0.1) is 0 Å². The average Bonchev–Trinajstić information content (AvgIpc) is 2.72. The molecule has 0 N–H and O–H groups in total. The predicted molar refractivity (Wildman–Crippen MR) is 59.9 cm³/mol. The van der Waals surface area contributed by atoms with Crippen molar-refractivity contribution in [1.82, 2.24) is 4.57 Å². The van der Waals surface area contributed by atoms with Gasteiger partial charge < -0.3 is 4.57 Å². The number of aromatic nitrogens is 1. The van der Waals surface area contributed by atoms with Gasteiger partial charge in [-0.1, -0.05) is 0 Å². The predicted octanol–water partition coefficient (Wildman–Crippen LogP) is 3.02. The van der Waals surface area contributed by atoms with Crippen LogP contribution in [0.3, 0.4) is 0 Å². The minimum atomic E-state index is -0.472. The maximum atomic E-state index is 13.4. The number of hydrogen-bond acceptors (Lipinski definition) is 1. The quantitative estimate of drug-likeness (QED) is 0.749. The number of Topliss-reactive ketones (excluding diaryl/α,β-unsaturated/α-hetero) is 1. The first-order chi connectivity index (χ1) is 8.06. The third-order valence-corrected chi connectivity index (χ3v) is 2.52. The van der Waals surface area contributed by atoms with Gasteiger partial charge in [0.05, 0.1) is 6.54 Å². The second-order valence-corrected chi connectivity index (χ2v) is 3.86. The Morgan fingerprint density at radius 3 is 2.71 bits per heavy atom. The van der Waals surface area contributed by atoms with E-state index in [9.17, 15) is 13.6 Å². The summed E-state index contributed by atoms with van der Waals surface area (Å²) in [5, 5.41) is 0. The molecular formula is C13H11F2NO. The van der Waals surface area contributed by atoms with Crippen molar-refractivity contribution in [2.45, 2.75) is 13.5 Å². The van der Waals surface area contributed by atoms with Crippen molar-refractivity contribution in [3.05, 3.63) is 59.4 Å². The topological polar surface area (TPSA) is 22.0 Å². The maximum absolute atomic E-state index is 13.4. The first kappa shape index (κ1) is 11.5. The number of carbonyl (C=O) groups excluding carboxylic acids is 1. The number of benzene rings is 1. The molecule has 1 aromatic heterocycles. The molecule has 88 valence electrons. The standard InChI is InChI=1S/C13H11F2NO/c1-9(17)10-4-5-16(7-10)8-11-6-12(14)2-3-13(11)15/h2-7H,8H2,1H3. The zero-order valence-electron chi connectivity index (χ0n) is 9.28. The lowest BCUT2D eigenvalue weighted by molar-refractivity contribution is 0.101. The molecule has 0 spiro atoms. The van der Waals surface area contributed by atoms with Crippen LogP contribution in [-0.2, 0) is 6.54 Å². The highest BCUT2D eigenvalue weighted by atomic mass is 19.1. The largest absolute Gasteiger partial charge is 0.349 e. The van der Waals surface area contributed by atoms with Gasteiger partial charge in [0.1, 0.15) is 11.6 Å². The smallest absolute Gasteiger partial charge is 0.161 e. The molecule has 2 aromatic rings. The highest BCUT2D eigenvalue weighted by Gasteiger charge is 2.06. The zero-order chi connectivity index (χ0) is 12.4. The van der Waals surface area contributed by atoms with Crippen molar-refractivity contribution in [3.8, 4) is 0 Å². The summed E-state index contributed by atoms with van der Waals surface area (Å²) in [4.78, 5) is 11.1. The highest BCUT2D eigenvalue weighted by molar-refractivity contribution is 5.93. The van der Waals surface area contributed by atoms with Crippen LogP contribution < -0.4 is 0 Å². The molecule has 0 aliphatic rings. The average molecular weight is 235 g/mol. The summed E-state index contributed by atoms with van der Waals surface area (Å²) in [6.45, 7) is 1.67. The molecule has 0 saturated heterocycles. The Bertz CT molecular complexity index is 560. The van der Waals surface area contributed by atoms with Gasteiger partial charge in [0.25, 0.3) is 0 Å². The summed E-state index contributed by atoms with van der Waals surface area (Å²) >= 11 is 0. The van der Waals surface area contributed by atoms with E-state index < -0.39 is 11.6 Å². The fraction of sp³-hybridized carbons (Fsp3) is 0.154. The molecule has 0 saturated carbocycles. The number of rotatable bonds is 3. The number of nitrogens with zero attached hydrogens (tertiary/aromatic N) is 1. The van der Waals surface area contributed by atoms with Crippen LogP contribution in [-0.4, -0.2) is 10.4 Å². The Hall–Kier alpha value is -1.97. The number of halogens is 2. The summed E-state index contributed by atoms with van der Waals surface area (Å²) < 4.78 is 28.0. The zero-order valence-corrected chi connectivity index (χ0v) is 9.28. The van der Waals surface area contributed by atoms with E-state index in [0.717, 1.165) is 18.2 Å². The van der Waals surface area contributed by atoms with Gasteiger partial charge in [-0.05, 0) is 31.2 Å². The Balaban J connectivity index is 2.25. The molecule has 0 amide bonds. The van der Waals surface area contributed by atoms with Crippen molar-refractivity contribution in [3.63, 3.8) is 0 Å². The van der Waals surface area contributed by atoms with E-state index in [1.54, 1.807) is 23.0 Å². The molecule has 0 bridgehead atoms. The fourth-order valence-electron chi connectivity index (χ4n) is 1.61. The van der Waals surface area contributed by atoms with Crippen LogP contribution in [0.2, 0.25) is 0 Å². The molecular weight excluding hydrogens is 224 g/mol. The molecule has 1 heterocycles. The molecule has 2 rings (SSSR count). The van der Waals surface area contributed by atoms with E-state index >= 15 is 0 Å². The number of hydrogen-bond donors (Lipinski definition) is 0. The Labute approximate surface area is 97.5 Å². The molecule has 17 heavy (non-hydrogen) atoms. The van der Waals surface area contributed by atoms with Gasteiger partial charge in [0, 0.05) is 23.5 Å². The second kappa shape index (κ2) is 4.49.